The normalized spacial score (nSPS) is 11.8. The summed E-state index contributed by atoms with van der Waals surface area (Å²) in [5, 5.41) is 1.63. The molecule has 0 saturated heterocycles. The van der Waals surface area contributed by atoms with Crippen molar-refractivity contribution in [3.63, 3.8) is 0 Å². The van der Waals surface area contributed by atoms with Crippen LogP contribution in [0.15, 0.2) is 72.8 Å². The van der Waals surface area contributed by atoms with Crippen molar-refractivity contribution in [2.75, 3.05) is 14.2 Å². The molecule has 0 aliphatic carbocycles. The van der Waals surface area contributed by atoms with Gasteiger partial charge in [0, 0.05) is 7.92 Å². The van der Waals surface area contributed by atoms with Crippen LogP contribution in [-0.2, 0) is 20.4 Å². The van der Waals surface area contributed by atoms with Crippen LogP contribution < -0.4 is 14.8 Å². The van der Waals surface area contributed by atoms with E-state index in [1.165, 1.54) is 33.1 Å². The van der Waals surface area contributed by atoms with E-state index in [0.717, 1.165) is 22.6 Å². The number of ether oxygens (including phenoxy) is 2. The maximum absolute atomic E-state index is 7.69. The molecule has 4 rings (SSSR count). The van der Waals surface area contributed by atoms with Crippen molar-refractivity contribution in [2.45, 2.75) is 111 Å². The Morgan fingerprint density at radius 3 is 1.56 bits per heavy atom. The molecule has 0 aliphatic heterocycles. The second-order valence-electron chi connectivity index (χ2n) is 15.5. The number of rotatable bonds is 8. The average molecular weight is 759 g/mol. The molecule has 4 aromatic rings. The van der Waals surface area contributed by atoms with E-state index in [4.69, 9.17) is 15.2 Å². The molecular weight excluding hydrogens is 700 g/mol. The molecule has 3 nitrogen and oxygen atoms in total. The van der Waals surface area contributed by atoms with Crippen LogP contribution in [-0.4, -0.2) is 24.5 Å². The van der Waals surface area contributed by atoms with E-state index in [0.29, 0.717) is 23.4 Å². The molecule has 0 fully saturated rings. The Bertz CT molecular complexity index is 1570. The molecule has 0 radical (unpaired) electrons. The first-order valence-electron chi connectivity index (χ1n) is 17.0. The molecular formula is C43H59NO2PPd+. The summed E-state index contributed by atoms with van der Waals surface area (Å²) in [7, 11) is 2.50. The van der Waals surface area contributed by atoms with Crippen molar-refractivity contribution in [1.29, 1.82) is 0 Å². The van der Waals surface area contributed by atoms with Crippen LogP contribution in [0.1, 0.15) is 118 Å². The van der Waals surface area contributed by atoms with Gasteiger partial charge in [0.2, 0.25) is 0 Å². The summed E-state index contributed by atoms with van der Waals surface area (Å²) in [5.41, 5.74) is 17.0. The number of nitrogens with one attached hydrogen (secondary N) is 1. The molecule has 0 bridgehead atoms. The van der Waals surface area contributed by atoms with E-state index in [1.54, 1.807) is 6.07 Å². The third-order valence-electron chi connectivity index (χ3n) is 8.63. The summed E-state index contributed by atoms with van der Waals surface area (Å²) in [5.74, 6) is 3.23. The van der Waals surface area contributed by atoms with Gasteiger partial charge in [0.25, 0.3) is 0 Å². The molecule has 0 spiro atoms. The smallest absolute Gasteiger partial charge is 0.706 e. The van der Waals surface area contributed by atoms with Crippen LogP contribution >= 0.6 is 7.92 Å². The minimum Gasteiger partial charge on any atom is -0.706 e. The van der Waals surface area contributed by atoms with Gasteiger partial charge in [0.1, 0.15) is 11.1 Å². The van der Waals surface area contributed by atoms with E-state index in [9.17, 15) is 0 Å². The fraction of sp³-hybridized carbons (Fsp3) is 0.442. The van der Waals surface area contributed by atoms with Crippen molar-refractivity contribution in [3.05, 3.63) is 101 Å². The van der Waals surface area contributed by atoms with Gasteiger partial charge in [-0.1, -0.05) is 77.9 Å². The van der Waals surface area contributed by atoms with Gasteiger partial charge in [-0.25, -0.2) is 0 Å². The van der Waals surface area contributed by atoms with Gasteiger partial charge in [-0.15, -0.1) is 41.5 Å². The Kier molecular flexibility index (Phi) is 15.0. The molecule has 262 valence electrons. The van der Waals surface area contributed by atoms with Crippen LogP contribution in [0.4, 0.5) is 5.69 Å². The minimum atomic E-state index is -1.12. The quantitative estimate of drug-likeness (QED) is 0.102. The number of hydrogen-bond acceptors (Lipinski definition) is 2. The number of hydrogen-bond donors (Lipinski definition) is 0. The molecule has 0 aliphatic rings. The van der Waals surface area contributed by atoms with Crippen LogP contribution in [0.5, 0.6) is 11.5 Å². The molecule has 0 saturated carbocycles. The van der Waals surface area contributed by atoms with Crippen molar-refractivity contribution >= 4 is 18.9 Å². The Morgan fingerprint density at radius 1 is 0.646 bits per heavy atom. The number of methoxy groups -OCH3 is 2. The molecule has 0 atom stereocenters. The van der Waals surface area contributed by atoms with Gasteiger partial charge in [0.05, 0.1) is 30.1 Å². The summed E-state index contributed by atoms with van der Waals surface area (Å²) in [6.45, 7) is 28.2. The summed E-state index contributed by atoms with van der Waals surface area (Å²) in [6, 6.07) is 27.5. The zero-order valence-corrected chi connectivity index (χ0v) is 34.3. The molecule has 1 N–H and O–H groups in total. The van der Waals surface area contributed by atoms with E-state index >= 15 is 0 Å². The second-order valence-corrected chi connectivity index (χ2v) is 19.7. The first-order chi connectivity index (χ1) is 21.9. The summed E-state index contributed by atoms with van der Waals surface area (Å²) in [4.78, 5) is 0. The fourth-order valence-electron chi connectivity index (χ4n) is 6.80. The third kappa shape index (κ3) is 9.75. The molecule has 0 amide bonds. The van der Waals surface area contributed by atoms with E-state index in [1.807, 2.05) is 56.7 Å². The van der Waals surface area contributed by atoms with Gasteiger partial charge in [0.15, 0.2) is 5.75 Å². The van der Waals surface area contributed by atoms with Crippen LogP contribution in [0.2, 0.25) is 0 Å². The summed E-state index contributed by atoms with van der Waals surface area (Å²) < 4.78 is 12.2. The van der Waals surface area contributed by atoms with Gasteiger partial charge in [-0.2, -0.15) is 5.69 Å². The Balaban J connectivity index is 0.000000474. The van der Waals surface area contributed by atoms with Gasteiger partial charge >= 0.3 is 20.4 Å². The molecule has 48 heavy (non-hydrogen) atoms. The first-order valence-corrected chi connectivity index (χ1v) is 18.5. The Morgan fingerprint density at radius 2 is 1.15 bits per heavy atom. The Labute approximate surface area is 307 Å². The largest absolute Gasteiger partial charge is 2.00 e. The summed E-state index contributed by atoms with van der Waals surface area (Å²) in [6.07, 6.45) is 0. The van der Waals surface area contributed by atoms with Crippen molar-refractivity contribution < 1.29 is 29.9 Å². The monoisotopic (exact) mass is 758 g/mol. The minimum absolute atomic E-state index is 0. The SMILES string of the molecule is COc1ccc(OC)c([PH+](C(C)(C)C)C(C)(C)C)c1-c1c(C(C)C)cc(C(C)C)cc1C(C)C.[NH-]c1ccccc1-c1[c-]cccc1.[Pd+2]. The average Bonchev–Trinajstić information content (AvgIpc) is 2.99. The zero-order valence-electron chi connectivity index (χ0n) is 31.8. The maximum Gasteiger partial charge on any atom is 2.00 e. The van der Waals surface area contributed by atoms with Gasteiger partial charge in [-0.05, 0) is 93.7 Å². The van der Waals surface area contributed by atoms with Crippen molar-refractivity contribution in [3.8, 4) is 33.8 Å². The predicted molar refractivity (Wildman–Crippen MR) is 209 cm³/mol. The topological polar surface area (TPSA) is 42.3 Å². The molecule has 0 heterocycles. The van der Waals surface area contributed by atoms with E-state index < -0.39 is 7.92 Å². The number of benzene rings is 4. The Hall–Kier alpha value is -2.63. The van der Waals surface area contributed by atoms with Crippen LogP contribution in [0.3, 0.4) is 0 Å². The fourth-order valence-corrected chi connectivity index (χ4v) is 11.5. The maximum atomic E-state index is 7.69. The van der Waals surface area contributed by atoms with Crippen molar-refractivity contribution in [2.24, 2.45) is 0 Å². The third-order valence-corrected chi connectivity index (χ3v) is 12.6. The van der Waals surface area contributed by atoms with E-state index in [-0.39, 0.29) is 30.7 Å². The second kappa shape index (κ2) is 17.3. The van der Waals surface area contributed by atoms with E-state index in [2.05, 4.69) is 113 Å². The standard InChI is InChI=1S/C31H49O2P.C12H9N.Pd/c1-19(2)22-17-23(20(3)4)27(24(18-22)21(5)6)28-25(32-13)15-16-26(33-14)29(28)34(30(7,8)9)31(10,11)12;13-12-9-5-4-8-11(12)10-6-2-1-3-7-10;/h15-21H,1-14H3;1-6,8-9,13H;/q;-2;+2/p+1. The first kappa shape index (κ1) is 41.5. The summed E-state index contributed by atoms with van der Waals surface area (Å²) >= 11 is 0. The molecule has 0 aromatic heterocycles. The van der Waals surface area contributed by atoms with Gasteiger partial charge < -0.3 is 15.2 Å². The molecule has 5 heteroatoms. The van der Waals surface area contributed by atoms with Gasteiger partial charge in [-0.3, -0.25) is 0 Å². The molecule has 0 unspecified atom stereocenters. The zero-order chi connectivity index (χ0) is 35.3. The van der Waals surface area contributed by atoms with Crippen LogP contribution in [0.25, 0.3) is 28.0 Å². The van der Waals surface area contributed by atoms with Crippen LogP contribution in [0, 0.1) is 6.07 Å². The molecule has 4 aromatic carbocycles. The van der Waals surface area contributed by atoms with Crippen molar-refractivity contribution in [1.82, 2.24) is 0 Å². The predicted octanol–water partition coefficient (Wildman–Crippen LogP) is 13.0.